The van der Waals surface area contributed by atoms with Gasteiger partial charge in [0.05, 0.1) is 6.42 Å². The number of nitrogens with two attached hydrogens (primary N) is 1. The van der Waals surface area contributed by atoms with Crippen molar-refractivity contribution in [2.45, 2.75) is 64.6 Å². The number of hydrogen-bond acceptors (Lipinski definition) is 6. The van der Waals surface area contributed by atoms with Crippen molar-refractivity contribution in [1.29, 1.82) is 0 Å². The summed E-state index contributed by atoms with van der Waals surface area (Å²) in [6, 6.07) is 13.9. The van der Waals surface area contributed by atoms with E-state index in [2.05, 4.69) is 5.32 Å². The fourth-order valence-corrected chi connectivity index (χ4v) is 4.92. The molecule has 0 fully saturated rings. The molecule has 2 aromatic carbocycles. The number of fused-ring (bicyclic) bond motifs is 3. The second-order valence-electron chi connectivity index (χ2n) is 10.6. The number of carboxylic acids is 1. The number of hydrogen-bond donors (Lipinski definition) is 3. The zero-order valence-electron chi connectivity index (χ0n) is 21.5. The van der Waals surface area contributed by atoms with E-state index in [9.17, 15) is 19.5 Å². The Balaban J connectivity index is 1.75. The third kappa shape index (κ3) is 6.43. The molecule has 0 saturated heterocycles. The molecule has 0 aromatic heterocycles. The largest absolute Gasteiger partial charge is 0.481 e. The molecule has 0 aliphatic heterocycles. The highest BCUT2D eigenvalue weighted by molar-refractivity contribution is 5.79. The van der Waals surface area contributed by atoms with E-state index in [1.54, 1.807) is 20.8 Å². The van der Waals surface area contributed by atoms with Gasteiger partial charge >= 0.3 is 18.0 Å². The first-order valence-electron chi connectivity index (χ1n) is 12.2. The van der Waals surface area contributed by atoms with Crippen LogP contribution in [0.4, 0.5) is 4.79 Å². The quantitative estimate of drug-likeness (QED) is 0.441. The molecule has 0 heterocycles. The zero-order valence-corrected chi connectivity index (χ0v) is 21.5. The van der Waals surface area contributed by atoms with Gasteiger partial charge in [0.2, 0.25) is 0 Å². The van der Waals surface area contributed by atoms with Gasteiger partial charge in [-0.3, -0.25) is 9.59 Å². The van der Waals surface area contributed by atoms with Gasteiger partial charge in [0, 0.05) is 17.9 Å². The molecular weight excluding hydrogens is 460 g/mol. The van der Waals surface area contributed by atoms with Crippen LogP contribution in [0, 0.1) is 11.8 Å². The maximum absolute atomic E-state index is 12.9. The van der Waals surface area contributed by atoms with Gasteiger partial charge in [-0.05, 0) is 48.9 Å². The first kappa shape index (κ1) is 27.2. The van der Waals surface area contributed by atoms with Gasteiger partial charge in [0.25, 0.3) is 0 Å². The summed E-state index contributed by atoms with van der Waals surface area (Å²) in [6.45, 7) is 8.92. The molecule has 1 aliphatic carbocycles. The second-order valence-corrected chi connectivity index (χ2v) is 10.6. The van der Waals surface area contributed by atoms with Gasteiger partial charge in [-0.1, -0.05) is 62.4 Å². The Morgan fingerprint density at radius 3 is 2.00 bits per heavy atom. The Hall–Kier alpha value is -3.39. The van der Waals surface area contributed by atoms with E-state index in [0.717, 1.165) is 22.3 Å². The molecule has 3 unspecified atom stereocenters. The molecule has 3 atom stereocenters. The smallest absolute Gasteiger partial charge is 0.407 e. The lowest BCUT2D eigenvalue weighted by Crippen LogP contribution is -2.54. The highest BCUT2D eigenvalue weighted by Gasteiger charge is 2.39. The number of ether oxygens (including phenoxy) is 2. The van der Waals surface area contributed by atoms with Gasteiger partial charge < -0.3 is 25.6 Å². The summed E-state index contributed by atoms with van der Waals surface area (Å²) in [7, 11) is 0. The minimum Gasteiger partial charge on any atom is -0.481 e. The fraction of sp³-hybridized carbons (Fsp3) is 0.464. The lowest BCUT2D eigenvalue weighted by molar-refractivity contribution is -0.159. The molecule has 2 aromatic rings. The molecular formula is C28H36N2O6. The van der Waals surface area contributed by atoms with Gasteiger partial charge in [-0.15, -0.1) is 0 Å². The average molecular weight is 497 g/mol. The van der Waals surface area contributed by atoms with Crippen molar-refractivity contribution in [2.24, 2.45) is 17.6 Å². The standard InChI is InChI=1S/C28H36N2O6/c1-16(2)24(25(29)26(33)36-28(3,4)5)22(14-23(31)32)30-27(34)35-15-21-19-12-8-6-10-17(19)18-11-7-9-13-20(18)21/h6-13,16,21-22,24-25H,14-15,29H2,1-5H3,(H,30,34)(H,31,32). The summed E-state index contributed by atoms with van der Waals surface area (Å²) in [5, 5.41) is 12.2. The first-order chi connectivity index (χ1) is 16.9. The van der Waals surface area contributed by atoms with Gasteiger partial charge in [0.15, 0.2) is 0 Å². The molecule has 0 bridgehead atoms. The van der Waals surface area contributed by atoms with Crippen LogP contribution in [0.15, 0.2) is 48.5 Å². The normalized spacial score (nSPS) is 15.4. The van der Waals surface area contributed by atoms with Crippen LogP contribution < -0.4 is 11.1 Å². The molecule has 194 valence electrons. The van der Waals surface area contributed by atoms with E-state index in [0.29, 0.717) is 0 Å². The molecule has 3 rings (SSSR count). The predicted octanol–water partition coefficient (Wildman–Crippen LogP) is 4.31. The summed E-state index contributed by atoms with van der Waals surface area (Å²) >= 11 is 0. The van der Waals surface area contributed by atoms with Crippen LogP contribution in [0.1, 0.15) is 58.1 Å². The number of aliphatic carboxylic acids is 1. The second kappa shape index (κ2) is 11.1. The van der Waals surface area contributed by atoms with Crippen LogP contribution in [0.5, 0.6) is 0 Å². The van der Waals surface area contributed by atoms with Gasteiger partial charge in [-0.2, -0.15) is 0 Å². The first-order valence-corrected chi connectivity index (χ1v) is 12.2. The third-order valence-electron chi connectivity index (χ3n) is 6.37. The number of nitrogens with one attached hydrogen (secondary N) is 1. The van der Waals surface area contributed by atoms with Crippen LogP contribution >= 0.6 is 0 Å². The summed E-state index contributed by atoms with van der Waals surface area (Å²) in [5.41, 5.74) is 9.84. The molecule has 8 heteroatoms. The van der Waals surface area contributed by atoms with Crippen LogP contribution in [0.25, 0.3) is 11.1 Å². The monoisotopic (exact) mass is 496 g/mol. The minimum absolute atomic E-state index is 0.0874. The van der Waals surface area contributed by atoms with E-state index in [1.165, 1.54) is 0 Å². The zero-order chi connectivity index (χ0) is 26.6. The molecule has 1 aliphatic rings. The number of carboxylic acid groups (broad SMARTS) is 1. The Kier molecular flexibility index (Phi) is 8.40. The van der Waals surface area contributed by atoms with Gasteiger partial charge in [0.1, 0.15) is 18.2 Å². The molecule has 0 spiro atoms. The lowest BCUT2D eigenvalue weighted by atomic mass is 9.81. The SMILES string of the molecule is CC(C)C(C(CC(=O)O)NC(=O)OCC1c2ccccc2-c2ccccc21)C(N)C(=O)OC(C)(C)C. The van der Waals surface area contributed by atoms with Crippen LogP contribution in [-0.2, 0) is 19.1 Å². The molecule has 0 radical (unpaired) electrons. The van der Waals surface area contributed by atoms with Crippen molar-refractivity contribution in [1.82, 2.24) is 5.32 Å². The Morgan fingerprint density at radius 2 is 1.53 bits per heavy atom. The molecule has 4 N–H and O–H groups in total. The van der Waals surface area contributed by atoms with E-state index >= 15 is 0 Å². The van der Waals surface area contributed by atoms with Crippen molar-refractivity contribution < 1.29 is 29.0 Å². The van der Waals surface area contributed by atoms with Crippen molar-refractivity contribution in [2.75, 3.05) is 6.61 Å². The van der Waals surface area contributed by atoms with E-state index < -0.39 is 48.1 Å². The van der Waals surface area contributed by atoms with Crippen LogP contribution in [-0.4, -0.2) is 47.4 Å². The number of esters is 1. The molecule has 1 amide bonds. The predicted molar refractivity (Wildman–Crippen MR) is 136 cm³/mol. The van der Waals surface area contributed by atoms with Crippen molar-refractivity contribution >= 4 is 18.0 Å². The Morgan fingerprint density at radius 1 is 1.00 bits per heavy atom. The molecule has 36 heavy (non-hydrogen) atoms. The van der Waals surface area contributed by atoms with Crippen molar-refractivity contribution in [3.05, 3.63) is 59.7 Å². The molecule has 8 nitrogen and oxygen atoms in total. The Bertz CT molecular complexity index is 1060. The fourth-order valence-electron chi connectivity index (χ4n) is 4.92. The lowest BCUT2D eigenvalue weighted by Gasteiger charge is -2.34. The molecule has 0 saturated carbocycles. The number of amides is 1. The van der Waals surface area contributed by atoms with Crippen LogP contribution in [0.2, 0.25) is 0 Å². The average Bonchev–Trinajstić information content (AvgIpc) is 3.09. The maximum Gasteiger partial charge on any atom is 0.407 e. The number of rotatable bonds is 9. The third-order valence-corrected chi connectivity index (χ3v) is 6.37. The van der Waals surface area contributed by atoms with E-state index in [1.807, 2.05) is 62.4 Å². The highest BCUT2D eigenvalue weighted by Crippen LogP contribution is 2.44. The number of carbonyl (C=O) groups excluding carboxylic acids is 2. The Labute approximate surface area is 212 Å². The summed E-state index contributed by atoms with van der Waals surface area (Å²) in [4.78, 5) is 37.2. The summed E-state index contributed by atoms with van der Waals surface area (Å²) in [6.07, 6.45) is -1.17. The van der Waals surface area contributed by atoms with Gasteiger partial charge in [-0.25, -0.2) is 4.79 Å². The minimum atomic E-state index is -1.12. The van der Waals surface area contributed by atoms with Crippen molar-refractivity contribution in [3.63, 3.8) is 0 Å². The van der Waals surface area contributed by atoms with Crippen LogP contribution in [0.3, 0.4) is 0 Å². The highest BCUT2D eigenvalue weighted by atomic mass is 16.6. The van der Waals surface area contributed by atoms with E-state index in [4.69, 9.17) is 15.2 Å². The topological polar surface area (TPSA) is 128 Å². The maximum atomic E-state index is 12.9. The summed E-state index contributed by atoms with van der Waals surface area (Å²) in [5.74, 6) is -2.81. The van der Waals surface area contributed by atoms with Crippen molar-refractivity contribution in [3.8, 4) is 11.1 Å². The summed E-state index contributed by atoms with van der Waals surface area (Å²) < 4.78 is 11.0. The van der Waals surface area contributed by atoms with E-state index in [-0.39, 0.29) is 18.4 Å². The number of carbonyl (C=O) groups is 3. The number of benzene rings is 2. The number of alkyl carbamates (subject to hydrolysis) is 1.